The molecule has 20 heavy (non-hydrogen) atoms. The monoisotopic (exact) mass is 333 g/mol. The molecule has 0 radical (unpaired) electrons. The van der Waals surface area contributed by atoms with Crippen molar-refractivity contribution in [1.82, 2.24) is 14.9 Å². The Morgan fingerprint density at radius 2 is 2.15 bits per heavy atom. The van der Waals surface area contributed by atoms with Gasteiger partial charge in [-0.05, 0) is 59.5 Å². The summed E-state index contributed by atoms with van der Waals surface area (Å²) in [5, 5.41) is 3.04. The number of carbonyl (C=O) groups is 1. The first-order valence-corrected chi connectivity index (χ1v) is 7.52. The molecule has 1 aliphatic rings. The molecule has 5 heteroatoms. The van der Waals surface area contributed by atoms with Gasteiger partial charge in [-0.3, -0.25) is 9.78 Å². The molecule has 3 rings (SSSR count). The topological polar surface area (TPSA) is 46.9 Å². The molecular weight excluding hydrogens is 318 g/mol. The first-order chi connectivity index (χ1) is 9.65. The van der Waals surface area contributed by atoms with E-state index in [0.29, 0.717) is 6.04 Å². The third-order valence-electron chi connectivity index (χ3n) is 3.54. The van der Waals surface area contributed by atoms with Gasteiger partial charge in [0.05, 0.1) is 6.04 Å². The Balaban J connectivity index is 1.76. The van der Waals surface area contributed by atoms with Gasteiger partial charge in [0.25, 0.3) is 5.91 Å². The molecule has 1 fully saturated rings. The van der Waals surface area contributed by atoms with Gasteiger partial charge in [0, 0.05) is 29.1 Å². The highest BCUT2D eigenvalue weighted by molar-refractivity contribution is 9.10. The van der Waals surface area contributed by atoms with Crippen LogP contribution < -0.4 is 5.32 Å². The molecule has 0 bridgehead atoms. The number of carbonyl (C=O) groups excluding carboxylic acids is 1. The Labute approximate surface area is 126 Å². The largest absolute Gasteiger partial charge is 0.344 e. The van der Waals surface area contributed by atoms with Crippen molar-refractivity contribution in [2.24, 2.45) is 0 Å². The van der Waals surface area contributed by atoms with Gasteiger partial charge in [0.2, 0.25) is 0 Å². The summed E-state index contributed by atoms with van der Waals surface area (Å²) < 4.78 is 3.02. The van der Waals surface area contributed by atoms with Crippen molar-refractivity contribution in [3.8, 4) is 0 Å². The van der Waals surface area contributed by atoms with Gasteiger partial charge in [-0.15, -0.1) is 0 Å². The Hall–Kier alpha value is -1.62. The number of nitrogens with one attached hydrogen (secondary N) is 1. The fourth-order valence-corrected chi connectivity index (χ4v) is 2.73. The van der Waals surface area contributed by atoms with E-state index in [2.05, 4.69) is 30.8 Å². The number of nitrogens with zero attached hydrogens (tertiary/aromatic N) is 2. The van der Waals surface area contributed by atoms with E-state index in [1.807, 2.05) is 31.3 Å². The number of rotatable bonds is 4. The molecule has 1 aliphatic carbocycles. The van der Waals surface area contributed by atoms with E-state index in [9.17, 15) is 4.79 Å². The quantitative estimate of drug-likeness (QED) is 0.931. The van der Waals surface area contributed by atoms with Crippen molar-refractivity contribution in [1.29, 1.82) is 0 Å². The number of pyridine rings is 1. The van der Waals surface area contributed by atoms with Crippen molar-refractivity contribution in [2.45, 2.75) is 31.8 Å². The summed E-state index contributed by atoms with van der Waals surface area (Å²) >= 11 is 3.45. The number of hydrogen-bond acceptors (Lipinski definition) is 2. The van der Waals surface area contributed by atoms with Crippen LogP contribution in [0.2, 0.25) is 0 Å². The Bertz CT molecular complexity index is 619. The lowest BCUT2D eigenvalue weighted by molar-refractivity contribution is 0.0930. The van der Waals surface area contributed by atoms with Crippen LogP contribution >= 0.6 is 15.9 Å². The maximum Gasteiger partial charge on any atom is 0.268 e. The van der Waals surface area contributed by atoms with Gasteiger partial charge >= 0.3 is 0 Å². The minimum absolute atomic E-state index is 0.0353. The standard InChI is InChI=1S/C15H16BrN3O/c1-10(11-4-6-17-7-5-11)18-15(20)14-8-12(16)9-19(14)13-2-3-13/h4-10,13H,2-3H2,1H3,(H,18,20). The molecule has 1 atom stereocenters. The van der Waals surface area contributed by atoms with Crippen LogP contribution in [-0.2, 0) is 0 Å². The highest BCUT2D eigenvalue weighted by Gasteiger charge is 2.28. The summed E-state index contributed by atoms with van der Waals surface area (Å²) in [5.74, 6) is -0.0353. The lowest BCUT2D eigenvalue weighted by atomic mass is 10.1. The highest BCUT2D eigenvalue weighted by atomic mass is 79.9. The first kappa shape index (κ1) is 13.4. The van der Waals surface area contributed by atoms with E-state index < -0.39 is 0 Å². The normalized spacial score (nSPS) is 15.9. The summed E-state index contributed by atoms with van der Waals surface area (Å²) in [6.07, 6.45) is 7.77. The molecule has 0 spiro atoms. The van der Waals surface area contributed by atoms with Crippen molar-refractivity contribution in [3.05, 3.63) is 52.5 Å². The fraction of sp³-hybridized carbons (Fsp3) is 0.333. The van der Waals surface area contributed by atoms with E-state index in [0.717, 1.165) is 28.6 Å². The minimum atomic E-state index is -0.0353. The van der Waals surface area contributed by atoms with Crippen LogP contribution in [0.25, 0.3) is 0 Å². The van der Waals surface area contributed by atoms with Crippen LogP contribution in [0, 0.1) is 0 Å². The van der Waals surface area contributed by atoms with Gasteiger partial charge in [-0.25, -0.2) is 0 Å². The fourth-order valence-electron chi connectivity index (χ4n) is 2.29. The maximum atomic E-state index is 12.4. The smallest absolute Gasteiger partial charge is 0.268 e. The molecule has 1 saturated carbocycles. The summed E-state index contributed by atoms with van der Waals surface area (Å²) in [5.41, 5.74) is 1.78. The van der Waals surface area contributed by atoms with Crippen molar-refractivity contribution in [3.63, 3.8) is 0 Å². The van der Waals surface area contributed by atoms with Gasteiger partial charge < -0.3 is 9.88 Å². The molecule has 1 N–H and O–H groups in total. The maximum absolute atomic E-state index is 12.4. The molecule has 2 heterocycles. The molecular formula is C15H16BrN3O. The molecule has 0 saturated heterocycles. The summed E-state index contributed by atoms with van der Waals surface area (Å²) in [6, 6.07) is 6.17. The predicted molar refractivity (Wildman–Crippen MR) is 80.5 cm³/mol. The van der Waals surface area contributed by atoms with Crippen LogP contribution in [0.15, 0.2) is 41.3 Å². The van der Waals surface area contributed by atoms with Gasteiger partial charge in [0.15, 0.2) is 0 Å². The number of amides is 1. The van der Waals surface area contributed by atoms with Crippen LogP contribution in [0.3, 0.4) is 0 Å². The van der Waals surface area contributed by atoms with E-state index >= 15 is 0 Å². The third kappa shape index (κ3) is 2.77. The second-order valence-corrected chi connectivity index (χ2v) is 6.07. The zero-order valence-electron chi connectivity index (χ0n) is 11.2. The van der Waals surface area contributed by atoms with Crippen LogP contribution in [0.5, 0.6) is 0 Å². The molecule has 1 unspecified atom stereocenters. The molecule has 2 aromatic rings. The second-order valence-electron chi connectivity index (χ2n) is 5.16. The summed E-state index contributed by atoms with van der Waals surface area (Å²) in [4.78, 5) is 16.4. The van der Waals surface area contributed by atoms with Crippen LogP contribution in [0.1, 0.15) is 47.9 Å². The van der Waals surface area contributed by atoms with Gasteiger partial charge in [-0.1, -0.05) is 0 Å². The average Bonchev–Trinajstić information content (AvgIpc) is 3.22. The van der Waals surface area contributed by atoms with E-state index in [1.165, 1.54) is 0 Å². The second kappa shape index (κ2) is 5.40. The molecule has 0 aliphatic heterocycles. The zero-order valence-corrected chi connectivity index (χ0v) is 12.8. The Morgan fingerprint density at radius 1 is 1.45 bits per heavy atom. The number of aromatic nitrogens is 2. The first-order valence-electron chi connectivity index (χ1n) is 6.73. The Morgan fingerprint density at radius 3 is 2.80 bits per heavy atom. The number of halogens is 1. The molecule has 4 nitrogen and oxygen atoms in total. The lowest BCUT2D eigenvalue weighted by Gasteiger charge is -2.15. The van der Waals surface area contributed by atoms with Crippen molar-refractivity contribution in [2.75, 3.05) is 0 Å². The zero-order chi connectivity index (χ0) is 14.1. The summed E-state index contributed by atoms with van der Waals surface area (Å²) in [6.45, 7) is 1.98. The summed E-state index contributed by atoms with van der Waals surface area (Å²) in [7, 11) is 0. The van der Waals surface area contributed by atoms with Crippen molar-refractivity contribution >= 4 is 21.8 Å². The SMILES string of the molecule is CC(NC(=O)c1cc(Br)cn1C1CC1)c1ccncc1. The molecule has 2 aromatic heterocycles. The van der Waals surface area contributed by atoms with E-state index in [-0.39, 0.29) is 11.9 Å². The number of hydrogen-bond donors (Lipinski definition) is 1. The van der Waals surface area contributed by atoms with Gasteiger partial charge in [0.1, 0.15) is 5.69 Å². The third-order valence-corrected chi connectivity index (χ3v) is 3.98. The molecule has 104 valence electrons. The highest BCUT2D eigenvalue weighted by Crippen LogP contribution is 2.37. The molecule has 0 aromatic carbocycles. The van der Waals surface area contributed by atoms with Crippen molar-refractivity contribution < 1.29 is 4.79 Å². The van der Waals surface area contributed by atoms with E-state index in [1.54, 1.807) is 12.4 Å². The average molecular weight is 334 g/mol. The van der Waals surface area contributed by atoms with E-state index in [4.69, 9.17) is 0 Å². The Kier molecular flexibility index (Phi) is 3.61. The lowest BCUT2D eigenvalue weighted by Crippen LogP contribution is -2.28. The molecule has 1 amide bonds. The van der Waals surface area contributed by atoms with Crippen LogP contribution in [-0.4, -0.2) is 15.5 Å². The predicted octanol–water partition coefficient (Wildman–Crippen LogP) is 3.47. The minimum Gasteiger partial charge on any atom is -0.344 e. The van der Waals surface area contributed by atoms with Crippen LogP contribution in [0.4, 0.5) is 0 Å². The van der Waals surface area contributed by atoms with Gasteiger partial charge in [-0.2, -0.15) is 0 Å².